The number of fused-ring (bicyclic) bond motifs is 1. The zero-order valence-electron chi connectivity index (χ0n) is 22.9. The van der Waals surface area contributed by atoms with Crippen molar-refractivity contribution in [2.24, 2.45) is 10.2 Å². The maximum Gasteiger partial charge on any atom is 0.337 e. The first-order chi connectivity index (χ1) is 21.6. The van der Waals surface area contributed by atoms with Crippen molar-refractivity contribution in [1.29, 1.82) is 0 Å². The van der Waals surface area contributed by atoms with Crippen LogP contribution in [-0.2, 0) is 20.2 Å². The minimum absolute atomic E-state index is 0.0856. The molecule has 0 aliphatic rings. The van der Waals surface area contributed by atoms with Crippen LogP contribution in [-0.4, -0.2) is 56.9 Å². The zero-order valence-corrected chi connectivity index (χ0v) is 24.5. The van der Waals surface area contributed by atoms with Crippen LogP contribution in [0.25, 0.3) is 28.9 Å². The number of nitrogen functional groups attached to an aromatic ring is 1. The van der Waals surface area contributed by atoms with Crippen LogP contribution < -0.4 is 5.73 Å². The number of nitro groups is 1. The van der Waals surface area contributed by atoms with E-state index >= 15 is 0 Å². The maximum atomic E-state index is 12.3. The van der Waals surface area contributed by atoms with E-state index in [0.29, 0.717) is 11.8 Å². The number of nitrogens with zero attached hydrogens (tertiary/aromatic N) is 6. The van der Waals surface area contributed by atoms with Gasteiger partial charge >= 0.3 is 5.97 Å². The molecular formula is C27H19N7O10S2. The minimum Gasteiger partial charge on any atom is -0.478 e. The first kappa shape index (κ1) is 31.5. The number of nitrogens with two attached hydrogens (primary N) is 1. The Hall–Kier alpha value is -5.89. The number of non-ortho nitro benzene ring substituents is 1. The van der Waals surface area contributed by atoms with Gasteiger partial charge in [-0.2, -0.15) is 26.7 Å². The van der Waals surface area contributed by atoms with Gasteiger partial charge in [0.25, 0.3) is 25.9 Å². The van der Waals surface area contributed by atoms with Crippen molar-refractivity contribution in [2.45, 2.75) is 9.79 Å². The number of benzene rings is 4. The average Bonchev–Trinajstić information content (AvgIpc) is 3.43. The van der Waals surface area contributed by atoms with Crippen molar-refractivity contribution in [2.75, 3.05) is 5.73 Å². The van der Waals surface area contributed by atoms with Crippen LogP contribution in [0.15, 0.2) is 92.8 Å². The Morgan fingerprint density at radius 2 is 1.48 bits per heavy atom. The SMILES string of the molecule is Nc1c(C(=O)O)cc2nn(-c3ccccc3)nc2c1N=Nc1ccc(/C=C/c2ccc([N+](=O)[O-])cc2S(=O)(=O)O)c(S(=O)(=O)O)c1. The summed E-state index contributed by atoms with van der Waals surface area (Å²) < 4.78 is 67.6. The van der Waals surface area contributed by atoms with Gasteiger partial charge in [0.15, 0.2) is 0 Å². The molecule has 19 heteroatoms. The topological polar surface area (TPSA) is 271 Å². The van der Waals surface area contributed by atoms with Crippen LogP contribution in [0.3, 0.4) is 0 Å². The minimum atomic E-state index is -4.93. The van der Waals surface area contributed by atoms with Crippen molar-refractivity contribution in [3.8, 4) is 5.69 Å². The van der Waals surface area contributed by atoms with Gasteiger partial charge in [-0.05, 0) is 47.5 Å². The molecule has 0 saturated heterocycles. The van der Waals surface area contributed by atoms with E-state index < -0.39 is 46.6 Å². The Balaban J connectivity index is 1.58. The summed E-state index contributed by atoms with van der Waals surface area (Å²) >= 11 is 0. The highest BCUT2D eigenvalue weighted by Crippen LogP contribution is 2.36. The molecule has 5 rings (SSSR count). The van der Waals surface area contributed by atoms with E-state index in [1.54, 1.807) is 30.3 Å². The number of para-hydroxylation sites is 1. The third-order valence-electron chi connectivity index (χ3n) is 6.38. The van der Waals surface area contributed by atoms with E-state index in [1.165, 1.54) is 23.0 Å². The first-order valence-electron chi connectivity index (χ1n) is 12.6. The predicted molar refractivity (Wildman–Crippen MR) is 163 cm³/mol. The van der Waals surface area contributed by atoms with Crippen LogP contribution in [0.1, 0.15) is 21.5 Å². The number of hydrogen-bond acceptors (Lipinski definition) is 12. The highest BCUT2D eigenvalue weighted by Gasteiger charge is 2.22. The van der Waals surface area contributed by atoms with Crippen LogP contribution in [0.5, 0.6) is 0 Å². The van der Waals surface area contributed by atoms with E-state index in [2.05, 4.69) is 20.4 Å². The summed E-state index contributed by atoms with van der Waals surface area (Å²) in [6, 6.07) is 15.9. The normalized spacial score (nSPS) is 12.3. The van der Waals surface area contributed by atoms with Crippen LogP contribution >= 0.6 is 0 Å². The second kappa shape index (κ2) is 11.9. The van der Waals surface area contributed by atoms with Gasteiger partial charge in [-0.15, -0.1) is 15.3 Å². The van der Waals surface area contributed by atoms with E-state index in [1.807, 2.05) is 0 Å². The summed E-state index contributed by atoms with van der Waals surface area (Å²) in [5, 5.41) is 37.4. The lowest BCUT2D eigenvalue weighted by atomic mass is 10.1. The summed E-state index contributed by atoms with van der Waals surface area (Å²) in [5.74, 6) is -1.37. The highest BCUT2D eigenvalue weighted by atomic mass is 32.2. The fourth-order valence-corrected chi connectivity index (χ4v) is 5.65. The van der Waals surface area contributed by atoms with Gasteiger partial charge in [0.1, 0.15) is 26.5 Å². The lowest BCUT2D eigenvalue weighted by molar-refractivity contribution is -0.385. The van der Waals surface area contributed by atoms with Gasteiger partial charge in [0, 0.05) is 12.1 Å². The smallest absolute Gasteiger partial charge is 0.337 e. The third-order valence-corrected chi connectivity index (χ3v) is 8.20. The molecule has 0 radical (unpaired) electrons. The Labute approximate surface area is 258 Å². The fraction of sp³-hybridized carbons (Fsp3) is 0. The van der Waals surface area contributed by atoms with Gasteiger partial charge in [0.2, 0.25) is 0 Å². The van der Waals surface area contributed by atoms with Crippen molar-refractivity contribution in [1.82, 2.24) is 15.0 Å². The molecule has 0 amide bonds. The average molecular weight is 666 g/mol. The summed E-state index contributed by atoms with van der Waals surface area (Å²) in [5.41, 5.74) is 4.91. The van der Waals surface area contributed by atoms with Crippen LogP contribution in [0.2, 0.25) is 0 Å². The van der Waals surface area contributed by atoms with E-state index in [0.717, 1.165) is 30.4 Å². The molecule has 0 bridgehead atoms. The summed E-state index contributed by atoms with van der Waals surface area (Å²) in [7, 11) is -9.85. The van der Waals surface area contributed by atoms with E-state index in [9.17, 15) is 46.0 Å². The monoisotopic (exact) mass is 665 g/mol. The number of carboxylic acids is 1. The number of anilines is 1. The van der Waals surface area contributed by atoms with Gasteiger partial charge in [-0.1, -0.05) is 36.4 Å². The van der Waals surface area contributed by atoms with Gasteiger partial charge in [0.05, 0.1) is 27.5 Å². The Morgan fingerprint density at radius 1 is 0.870 bits per heavy atom. The number of aromatic carboxylic acids is 1. The van der Waals surface area contributed by atoms with Crippen molar-refractivity contribution in [3.63, 3.8) is 0 Å². The molecule has 0 fully saturated rings. The molecule has 234 valence electrons. The van der Waals surface area contributed by atoms with E-state index in [-0.39, 0.29) is 44.8 Å². The van der Waals surface area contributed by atoms with Gasteiger partial charge in [-0.3, -0.25) is 19.2 Å². The molecule has 1 heterocycles. The van der Waals surface area contributed by atoms with E-state index in [4.69, 9.17) is 5.73 Å². The molecular weight excluding hydrogens is 646 g/mol. The summed E-state index contributed by atoms with van der Waals surface area (Å²) in [6.07, 6.45) is 2.14. The van der Waals surface area contributed by atoms with Crippen LogP contribution in [0.4, 0.5) is 22.7 Å². The zero-order chi connectivity index (χ0) is 33.4. The molecule has 0 saturated carbocycles. The number of hydrogen-bond donors (Lipinski definition) is 4. The molecule has 46 heavy (non-hydrogen) atoms. The summed E-state index contributed by atoms with van der Waals surface area (Å²) in [4.78, 5) is 21.8. The molecule has 17 nitrogen and oxygen atoms in total. The number of rotatable bonds is 9. The molecule has 4 aromatic carbocycles. The number of nitro benzene ring substituents is 1. The molecule has 0 aliphatic heterocycles. The highest BCUT2D eigenvalue weighted by molar-refractivity contribution is 7.86. The van der Waals surface area contributed by atoms with Gasteiger partial charge < -0.3 is 10.8 Å². The third kappa shape index (κ3) is 6.46. The standard InChI is InChI=1S/C27H19N7O10S2/c28-24-20(27(35)36)14-21-25(32-33(31-21)18-4-2-1-3-5-18)26(24)30-29-17-10-8-15(22(12-17)45(39,40)41)6-7-16-9-11-19(34(37)38)13-23(16)46(42,43)44/h1-14H,28H2,(H,35,36)(H,39,40,41)(H,42,43,44)/b7-6+,30-29?. The summed E-state index contributed by atoms with van der Waals surface area (Å²) in [6.45, 7) is 0. The molecule has 0 unspecified atom stereocenters. The largest absolute Gasteiger partial charge is 0.478 e. The quantitative estimate of drug-likeness (QED) is 0.0416. The lowest BCUT2D eigenvalue weighted by Crippen LogP contribution is -2.03. The Morgan fingerprint density at radius 3 is 2.07 bits per heavy atom. The predicted octanol–water partition coefficient (Wildman–Crippen LogP) is 4.69. The second-order valence-electron chi connectivity index (χ2n) is 9.37. The second-order valence-corrected chi connectivity index (χ2v) is 12.1. The number of carbonyl (C=O) groups is 1. The number of carboxylic acid groups (broad SMARTS) is 1. The molecule has 1 aromatic heterocycles. The number of azo groups is 1. The van der Waals surface area contributed by atoms with Crippen molar-refractivity contribution < 1.29 is 40.8 Å². The molecule has 0 atom stereocenters. The molecule has 5 aromatic rings. The van der Waals surface area contributed by atoms with Crippen molar-refractivity contribution >= 4 is 72.1 Å². The van der Waals surface area contributed by atoms with Gasteiger partial charge in [-0.25, -0.2) is 4.79 Å². The number of aromatic nitrogens is 3. The molecule has 5 N–H and O–H groups in total. The fourth-order valence-electron chi connectivity index (χ4n) is 4.24. The van der Waals surface area contributed by atoms with Crippen LogP contribution in [0, 0.1) is 10.1 Å². The first-order valence-corrected chi connectivity index (χ1v) is 15.5. The molecule has 0 aliphatic carbocycles. The lowest BCUT2D eigenvalue weighted by Gasteiger charge is -2.06. The maximum absolute atomic E-state index is 12.3. The molecule has 0 spiro atoms. The Kier molecular flexibility index (Phi) is 8.15. The Bertz CT molecular complexity index is 2340. The van der Waals surface area contributed by atoms with Crippen molar-refractivity contribution in [3.05, 3.63) is 99.6 Å².